The van der Waals surface area contributed by atoms with E-state index in [4.69, 9.17) is 4.74 Å². The molecule has 0 radical (unpaired) electrons. The number of benzene rings is 2. The molecule has 2 heteroatoms. The zero-order chi connectivity index (χ0) is 15.9. The van der Waals surface area contributed by atoms with Crippen LogP contribution in [-0.2, 0) is 6.42 Å². The third-order valence-electron chi connectivity index (χ3n) is 3.98. The molecule has 0 bridgehead atoms. The van der Waals surface area contributed by atoms with Gasteiger partial charge in [-0.05, 0) is 43.0 Å². The summed E-state index contributed by atoms with van der Waals surface area (Å²) in [6.45, 7) is 6.80. The first-order valence-electron chi connectivity index (χ1n) is 7.83. The molecule has 0 aliphatic carbocycles. The van der Waals surface area contributed by atoms with Crippen molar-refractivity contribution in [1.82, 2.24) is 0 Å². The van der Waals surface area contributed by atoms with Crippen LogP contribution in [0.4, 0.5) is 0 Å². The van der Waals surface area contributed by atoms with Crippen molar-refractivity contribution in [3.05, 3.63) is 64.7 Å². The molecule has 0 amide bonds. The molecule has 2 aromatic carbocycles. The highest BCUT2D eigenvalue weighted by molar-refractivity contribution is 5.36. The first-order chi connectivity index (χ1) is 10.7. The van der Waals surface area contributed by atoms with Gasteiger partial charge in [0.2, 0.25) is 0 Å². The lowest BCUT2D eigenvalue weighted by molar-refractivity contribution is 0.303. The fourth-order valence-corrected chi connectivity index (χ4v) is 2.65. The van der Waals surface area contributed by atoms with Crippen LogP contribution in [0.1, 0.15) is 41.5 Å². The topological polar surface area (TPSA) is 33.0 Å². The molecule has 0 saturated carbocycles. The quantitative estimate of drug-likeness (QED) is 0.755. The van der Waals surface area contributed by atoms with Crippen LogP contribution in [-0.4, -0.2) is 6.61 Å². The number of hydrogen-bond acceptors (Lipinski definition) is 2. The lowest BCUT2D eigenvalue weighted by Crippen LogP contribution is -2.07. The van der Waals surface area contributed by atoms with Crippen LogP contribution in [0.3, 0.4) is 0 Å². The van der Waals surface area contributed by atoms with Gasteiger partial charge in [-0.3, -0.25) is 0 Å². The molecule has 0 heterocycles. The Labute approximate surface area is 133 Å². The molecule has 22 heavy (non-hydrogen) atoms. The van der Waals surface area contributed by atoms with Crippen LogP contribution in [0.2, 0.25) is 0 Å². The maximum absolute atomic E-state index is 9.49. The second-order valence-electron chi connectivity index (χ2n) is 5.64. The molecule has 1 atom stereocenters. The molecular formula is C20H23NO. The summed E-state index contributed by atoms with van der Waals surface area (Å²) in [5.74, 6) is 0.816. The molecule has 1 unspecified atom stereocenters. The lowest BCUT2D eigenvalue weighted by atomic mass is 9.92. The highest BCUT2D eigenvalue weighted by atomic mass is 16.5. The summed E-state index contributed by atoms with van der Waals surface area (Å²) in [5, 5.41) is 9.49. The van der Waals surface area contributed by atoms with Crippen LogP contribution >= 0.6 is 0 Å². The van der Waals surface area contributed by atoms with Crippen molar-refractivity contribution >= 4 is 0 Å². The Bertz CT molecular complexity index is 670. The normalized spacial score (nSPS) is 11.7. The third kappa shape index (κ3) is 3.89. The Hall–Kier alpha value is -2.27. The van der Waals surface area contributed by atoms with Gasteiger partial charge in [0, 0.05) is 6.42 Å². The van der Waals surface area contributed by atoms with Gasteiger partial charge in [0.25, 0.3) is 0 Å². The van der Waals surface area contributed by atoms with Gasteiger partial charge < -0.3 is 4.74 Å². The zero-order valence-corrected chi connectivity index (χ0v) is 13.6. The molecule has 0 fully saturated rings. The molecule has 2 rings (SSSR count). The minimum Gasteiger partial charge on any atom is -0.493 e. The average molecular weight is 293 g/mol. The third-order valence-corrected chi connectivity index (χ3v) is 3.98. The minimum absolute atomic E-state index is 0.117. The summed E-state index contributed by atoms with van der Waals surface area (Å²) in [5.41, 5.74) is 4.70. The molecule has 2 aromatic rings. The number of para-hydroxylation sites is 1. The van der Waals surface area contributed by atoms with Crippen molar-refractivity contribution in [3.63, 3.8) is 0 Å². The molecule has 0 N–H and O–H groups in total. The van der Waals surface area contributed by atoms with Crippen LogP contribution in [0.15, 0.2) is 42.5 Å². The molecule has 0 spiro atoms. The molecule has 2 nitrogen and oxygen atoms in total. The summed E-state index contributed by atoms with van der Waals surface area (Å²) >= 11 is 0. The van der Waals surface area contributed by atoms with E-state index in [0.717, 1.165) is 17.7 Å². The van der Waals surface area contributed by atoms with E-state index in [1.165, 1.54) is 16.7 Å². The van der Waals surface area contributed by atoms with Gasteiger partial charge >= 0.3 is 0 Å². The summed E-state index contributed by atoms with van der Waals surface area (Å²) in [6.07, 6.45) is 1.66. The van der Waals surface area contributed by atoms with Crippen molar-refractivity contribution < 1.29 is 4.74 Å². The minimum atomic E-state index is -0.117. The van der Waals surface area contributed by atoms with Gasteiger partial charge in [0.05, 0.1) is 18.6 Å². The fraction of sp³-hybridized carbons (Fsp3) is 0.350. The molecule has 0 aliphatic heterocycles. The number of aryl methyl sites for hydroxylation is 3. The summed E-state index contributed by atoms with van der Waals surface area (Å²) in [7, 11) is 0. The monoisotopic (exact) mass is 293 g/mol. The Morgan fingerprint density at radius 2 is 1.91 bits per heavy atom. The largest absolute Gasteiger partial charge is 0.493 e. The number of ether oxygens (including phenoxy) is 1. The molecule has 0 saturated heterocycles. The van der Waals surface area contributed by atoms with Gasteiger partial charge in [0.1, 0.15) is 5.75 Å². The highest BCUT2D eigenvalue weighted by Crippen LogP contribution is 2.25. The average Bonchev–Trinajstić information content (AvgIpc) is 2.54. The number of nitriles is 1. The molecular weight excluding hydrogens is 270 g/mol. The van der Waals surface area contributed by atoms with Gasteiger partial charge in [-0.25, -0.2) is 0 Å². The van der Waals surface area contributed by atoms with Crippen molar-refractivity contribution in [2.24, 2.45) is 0 Å². The Kier molecular flexibility index (Phi) is 5.61. The van der Waals surface area contributed by atoms with Crippen molar-refractivity contribution in [3.8, 4) is 11.8 Å². The van der Waals surface area contributed by atoms with Crippen molar-refractivity contribution in [2.75, 3.05) is 6.61 Å². The predicted octanol–water partition coefficient (Wildman–Crippen LogP) is 4.94. The number of rotatable bonds is 6. The second-order valence-corrected chi connectivity index (χ2v) is 5.64. The lowest BCUT2D eigenvalue weighted by Gasteiger charge is -2.15. The summed E-state index contributed by atoms with van der Waals surface area (Å²) in [4.78, 5) is 0. The van der Waals surface area contributed by atoms with Gasteiger partial charge in [-0.2, -0.15) is 5.26 Å². The standard InChI is InChI=1S/C20H23NO/c1-4-17-7-5-6-8-20(17)22-12-11-18(14-21)19-13-15(2)9-10-16(19)3/h5-10,13,18H,4,11-12H2,1-3H3. The highest BCUT2D eigenvalue weighted by Gasteiger charge is 2.14. The predicted molar refractivity (Wildman–Crippen MR) is 90.2 cm³/mol. The number of nitrogens with zero attached hydrogens (tertiary/aromatic N) is 1. The van der Waals surface area contributed by atoms with Gasteiger partial charge in [-0.1, -0.05) is 48.9 Å². The van der Waals surface area contributed by atoms with E-state index in [9.17, 15) is 5.26 Å². The van der Waals surface area contributed by atoms with E-state index in [1.807, 2.05) is 18.2 Å². The summed E-state index contributed by atoms with van der Waals surface area (Å²) in [6, 6.07) is 16.8. The Morgan fingerprint density at radius 3 is 2.64 bits per heavy atom. The SMILES string of the molecule is CCc1ccccc1OCCC(C#N)c1cc(C)ccc1C. The molecule has 114 valence electrons. The summed E-state index contributed by atoms with van der Waals surface area (Å²) < 4.78 is 5.90. The Balaban J connectivity index is 2.03. The van der Waals surface area contributed by atoms with Crippen LogP contribution < -0.4 is 4.74 Å². The van der Waals surface area contributed by atoms with E-state index >= 15 is 0 Å². The van der Waals surface area contributed by atoms with Crippen LogP contribution in [0, 0.1) is 25.2 Å². The number of hydrogen-bond donors (Lipinski definition) is 0. The zero-order valence-electron chi connectivity index (χ0n) is 13.6. The maximum atomic E-state index is 9.49. The first kappa shape index (κ1) is 16.1. The van der Waals surface area contributed by atoms with Crippen molar-refractivity contribution in [2.45, 2.75) is 39.5 Å². The van der Waals surface area contributed by atoms with E-state index in [2.05, 4.69) is 51.1 Å². The van der Waals surface area contributed by atoms with Crippen LogP contribution in [0.25, 0.3) is 0 Å². The van der Waals surface area contributed by atoms with Crippen molar-refractivity contribution in [1.29, 1.82) is 5.26 Å². The van der Waals surface area contributed by atoms with E-state index in [0.29, 0.717) is 13.0 Å². The van der Waals surface area contributed by atoms with Crippen LogP contribution in [0.5, 0.6) is 5.75 Å². The maximum Gasteiger partial charge on any atom is 0.122 e. The smallest absolute Gasteiger partial charge is 0.122 e. The Morgan fingerprint density at radius 1 is 1.14 bits per heavy atom. The van der Waals surface area contributed by atoms with Gasteiger partial charge in [-0.15, -0.1) is 0 Å². The first-order valence-corrected chi connectivity index (χ1v) is 7.83. The fourth-order valence-electron chi connectivity index (χ4n) is 2.65. The van der Waals surface area contributed by atoms with E-state index in [1.54, 1.807) is 0 Å². The molecule has 0 aliphatic rings. The van der Waals surface area contributed by atoms with Gasteiger partial charge in [0.15, 0.2) is 0 Å². The van der Waals surface area contributed by atoms with E-state index < -0.39 is 0 Å². The molecule has 0 aromatic heterocycles. The second kappa shape index (κ2) is 7.66. The van der Waals surface area contributed by atoms with E-state index in [-0.39, 0.29) is 5.92 Å².